The van der Waals surface area contributed by atoms with E-state index in [1.165, 1.54) is 16.3 Å². The molecule has 1 N–H and O–H groups in total. The van der Waals surface area contributed by atoms with E-state index in [1.54, 1.807) is 0 Å². The third-order valence-electron chi connectivity index (χ3n) is 3.19. The lowest BCUT2D eigenvalue weighted by Crippen LogP contribution is -2.21. The Labute approximate surface area is 107 Å². The lowest BCUT2D eigenvalue weighted by Gasteiger charge is -2.08. The van der Waals surface area contributed by atoms with Crippen LogP contribution in [0.2, 0.25) is 0 Å². The van der Waals surface area contributed by atoms with Crippen LogP contribution >= 0.6 is 0 Å². The second-order valence-corrected chi connectivity index (χ2v) is 4.93. The van der Waals surface area contributed by atoms with Crippen LogP contribution in [0.3, 0.4) is 0 Å². The van der Waals surface area contributed by atoms with E-state index in [2.05, 4.69) is 49.5 Å². The smallest absolute Gasteiger partial charge is 0.139 e. The van der Waals surface area contributed by atoms with E-state index in [0.29, 0.717) is 6.04 Å². The standard InChI is InChI=1S/C16H17NO/c1-11(2)17-10-12-6-5-8-14-13-7-3-4-9-15(13)18-16(12)14/h3-9,11,17H,10H2,1-2H3. The first-order valence-corrected chi connectivity index (χ1v) is 6.38. The molecule has 0 atom stereocenters. The SMILES string of the molecule is CC(C)NCc1cccc2c1oc1ccccc12. The maximum absolute atomic E-state index is 5.98. The van der Waals surface area contributed by atoms with Crippen molar-refractivity contribution in [1.82, 2.24) is 5.32 Å². The first-order chi connectivity index (χ1) is 8.75. The van der Waals surface area contributed by atoms with Gasteiger partial charge in [0.2, 0.25) is 0 Å². The number of hydrogen-bond acceptors (Lipinski definition) is 2. The minimum atomic E-state index is 0.477. The number of benzene rings is 2. The second kappa shape index (κ2) is 4.46. The van der Waals surface area contributed by atoms with Crippen LogP contribution in [0.1, 0.15) is 19.4 Å². The average molecular weight is 239 g/mol. The monoisotopic (exact) mass is 239 g/mol. The molecule has 0 aliphatic rings. The predicted molar refractivity (Wildman–Crippen MR) is 75.7 cm³/mol. The molecule has 3 rings (SSSR count). The van der Waals surface area contributed by atoms with Crippen LogP contribution in [0.15, 0.2) is 46.9 Å². The van der Waals surface area contributed by atoms with E-state index >= 15 is 0 Å². The Bertz CT molecular complexity index is 682. The predicted octanol–water partition coefficient (Wildman–Crippen LogP) is 4.08. The molecule has 2 aromatic carbocycles. The Kier molecular flexibility index (Phi) is 2.80. The summed E-state index contributed by atoms with van der Waals surface area (Å²) in [4.78, 5) is 0. The molecule has 3 aromatic rings. The van der Waals surface area contributed by atoms with Crippen molar-refractivity contribution >= 4 is 21.9 Å². The molecule has 92 valence electrons. The van der Waals surface area contributed by atoms with Gasteiger partial charge in [-0.05, 0) is 6.07 Å². The molecule has 2 heteroatoms. The van der Waals surface area contributed by atoms with Crippen molar-refractivity contribution in [3.8, 4) is 0 Å². The molecule has 18 heavy (non-hydrogen) atoms. The summed E-state index contributed by atoms with van der Waals surface area (Å²) in [7, 11) is 0. The molecule has 0 spiro atoms. The topological polar surface area (TPSA) is 25.2 Å². The van der Waals surface area contributed by atoms with Gasteiger partial charge < -0.3 is 9.73 Å². The minimum absolute atomic E-state index is 0.477. The van der Waals surface area contributed by atoms with Crippen LogP contribution < -0.4 is 5.32 Å². The lowest BCUT2D eigenvalue weighted by molar-refractivity contribution is 0.582. The lowest BCUT2D eigenvalue weighted by atomic mass is 10.1. The molecule has 0 bridgehead atoms. The molecule has 0 aliphatic carbocycles. The van der Waals surface area contributed by atoms with Gasteiger partial charge in [0.25, 0.3) is 0 Å². The average Bonchev–Trinajstić information content (AvgIpc) is 2.75. The van der Waals surface area contributed by atoms with Crippen molar-refractivity contribution in [1.29, 1.82) is 0 Å². The van der Waals surface area contributed by atoms with Crippen LogP contribution in [-0.4, -0.2) is 6.04 Å². The van der Waals surface area contributed by atoms with Gasteiger partial charge >= 0.3 is 0 Å². The molecule has 0 radical (unpaired) electrons. The summed E-state index contributed by atoms with van der Waals surface area (Å²) in [5, 5.41) is 5.83. The summed E-state index contributed by atoms with van der Waals surface area (Å²) in [5.41, 5.74) is 3.19. The summed E-state index contributed by atoms with van der Waals surface area (Å²) >= 11 is 0. The van der Waals surface area contributed by atoms with Gasteiger partial charge in [-0.15, -0.1) is 0 Å². The van der Waals surface area contributed by atoms with Gasteiger partial charge in [-0.2, -0.15) is 0 Å². The van der Waals surface area contributed by atoms with Crippen molar-refractivity contribution in [2.75, 3.05) is 0 Å². The first-order valence-electron chi connectivity index (χ1n) is 6.38. The van der Waals surface area contributed by atoms with E-state index in [9.17, 15) is 0 Å². The molecule has 0 amide bonds. The number of para-hydroxylation sites is 2. The Hall–Kier alpha value is -1.80. The molecule has 0 saturated carbocycles. The van der Waals surface area contributed by atoms with Gasteiger partial charge in [0.15, 0.2) is 0 Å². The van der Waals surface area contributed by atoms with E-state index in [1.807, 2.05) is 12.1 Å². The zero-order chi connectivity index (χ0) is 12.5. The van der Waals surface area contributed by atoms with Crippen molar-refractivity contribution in [3.05, 3.63) is 48.0 Å². The van der Waals surface area contributed by atoms with Gasteiger partial charge in [-0.25, -0.2) is 0 Å². The van der Waals surface area contributed by atoms with Crippen LogP contribution in [0, 0.1) is 0 Å². The summed E-state index contributed by atoms with van der Waals surface area (Å²) < 4.78 is 5.98. The molecule has 0 unspecified atom stereocenters. The number of nitrogens with one attached hydrogen (secondary N) is 1. The Balaban J connectivity index is 2.15. The van der Waals surface area contributed by atoms with E-state index in [4.69, 9.17) is 4.42 Å². The maximum atomic E-state index is 5.98. The molecule has 1 heterocycles. The normalized spacial score (nSPS) is 11.7. The minimum Gasteiger partial charge on any atom is -0.456 e. The Morgan fingerprint density at radius 1 is 1.00 bits per heavy atom. The third kappa shape index (κ3) is 1.89. The van der Waals surface area contributed by atoms with Crippen molar-refractivity contribution in [3.63, 3.8) is 0 Å². The highest BCUT2D eigenvalue weighted by Gasteiger charge is 2.09. The zero-order valence-electron chi connectivity index (χ0n) is 10.7. The van der Waals surface area contributed by atoms with Crippen LogP contribution in [0.25, 0.3) is 21.9 Å². The molecular formula is C16H17NO. The molecule has 0 fully saturated rings. The van der Waals surface area contributed by atoms with Crippen molar-refractivity contribution in [2.24, 2.45) is 0 Å². The fraction of sp³-hybridized carbons (Fsp3) is 0.250. The summed E-state index contributed by atoms with van der Waals surface area (Å²) in [6.45, 7) is 5.15. The zero-order valence-corrected chi connectivity index (χ0v) is 10.7. The van der Waals surface area contributed by atoms with Gasteiger partial charge in [0, 0.05) is 28.9 Å². The van der Waals surface area contributed by atoms with Crippen LogP contribution in [-0.2, 0) is 6.54 Å². The maximum Gasteiger partial charge on any atom is 0.139 e. The van der Waals surface area contributed by atoms with Crippen molar-refractivity contribution in [2.45, 2.75) is 26.4 Å². The highest BCUT2D eigenvalue weighted by molar-refractivity contribution is 6.05. The number of fused-ring (bicyclic) bond motifs is 3. The summed E-state index contributed by atoms with van der Waals surface area (Å²) in [6, 6.07) is 15.0. The van der Waals surface area contributed by atoms with E-state index in [0.717, 1.165) is 17.7 Å². The van der Waals surface area contributed by atoms with Crippen LogP contribution in [0.4, 0.5) is 0 Å². The summed E-state index contributed by atoms with van der Waals surface area (Å²) in [6.07, 6.45) is 0. The van der Waals surface area contributed by atoms with Crippen LogP contribution in [0.5, 0.6) is 0 Å². The molecule has 2 nitrogen and oxygen atoms in total. The second-order valence-electron chi connectivity index (χ2n) is 4.93. The summed E-state index contributed by atoms with van der Waals surface area (Å²) in [5.74, 6) is 0. The Morgan fingerprint density at radius 2 is 1.78 bits per heavy atom. The van der Waals surface area contributed by atoms with Crippen molar-refractivity contribution < 1.29 is 4.42 Å². The molecule has 1 aromatic heterocycles. The van der Waals surface area contributed by atoms with E-state index < -0.39 is 0 Å². The van der Waals surface area contributed by atoms with Gasteiger partial charge in [0.1, 0.15) is 11.2 Å². The quantitative estimate of drug-likeness (QED) is 0.745. The number of rotatable bonds is 3. The fourth-order valence-electron chi connectivity index (χ4n) is 2.26. The highest BCUT2D eigenvalue weighted by atomic mass is 16.3. The Morgan fingerprint density at radius 3 is 2.61 bits per heavy atom. The van der Waals surface area contributed by atoms with Gasteiger partial charge in [-0.3, -0.25) is 0 Å². The fourth-order valence-corrected chi connectivity index (χ4v) is 2.26. The third-order valence-corrected chi connectivity index (χ3v) is 3.19. The largest absolute Gasteiger partial charge is 0.456 e. The number of furan rings is 1. The van der Waals surface area contributed by atoms with Gasteiger partial charge in [0.05, 0.1) is 0 Å². The van der Waals surface area contributed by atoms with Gasteiger partial charge in [-0.1, -0.05) is 50.2 Å². The number of hydrogen-bond donors (Lipinski definition) is 1. The molecule has 0 aliphatic heterocycles. The molecule has 0 saturated heterocycles. The highest BCUT2D eigenvalue weighted by Crippen LogP contribution is 2.30. The first kappa shape index (κ1) is 11.3. The molecular weight excluding hydrogens is 222 g/mol. The van der Waals surface area contributed by atoms with E-state index in [-0.39, 0.29) is 0 Å².